The zero-order valence-electron chi connectivity index (χ0n) is 18.3. The molecular formula is C24H28N2O6S. The lowest BCUT2D eigenvalue weighted by atomic mass is 9.98. The quantitative estimate of drug-likeness (QED) is 0.396. The van der Waals surface area contributed by atoms with E-state index in [1.54, 1.807) is 0 Å². The van der Waals surface area contributed by atoms with Gasteiger partial charge in [-0.25, -0.2) is 4.79 Å². The molecule has 33 heavy (non-hydrogen) atoms. The number of hydrogen-bond donors (Lipinski definition) is 4. The van der Waals surface area contributed by atoms with Crippen molar-refractivity contribution in [2.75, 3.05) is 25.2 Å². The molecule has 0 fully saturated rings. The van der Waals surface area contributed by atoms with E-state index < -0.39 is 36.5 Å². The number of carboxylic acids is 1. The van der Waals surface area contributed by atoms with Crippen molar-refractivity contribution in [3.05, 3.63) is 59.7 Å². The van der Waals surface area contributed by atoms with E-state index >= 15 is 0 Å². The Hall–Kier alpha value is -3.04. The number of ether oxygens (including phenoxy) is 1. The second-order valence-corrected chi connectivity index (χ2v) is 8.79. The second-order valence-electron chi connectivity index (χ2n) is 7.80. The standard InChI is InChI=1S/C24H28N2O6S/c1-33-11-10-21(23(30)25-13-15(27)12-22(28)29)26-24(31)32-14-20-18-8-4-2-6-16(18)17-7-3-5-9-19(17)20/h2-9,15,20-21,27H,10-14H2,1H3,(H,25,30)(H,26,31)(H,28,29). The molecule has 8 nitrogen and oxygen atoms in total. The number of amides is 2. The zero-order valence-corrected chi connectivity index (χ0v) is 19.1. The van der Waals surface area contributed by atoms with Crippen LogP contribution in [0.1, 0.15) is 29.9 Å². The van der Waals surface area contributed by atoms with Crippen LogP contribution < -0.4 is 10.6 Å². The fourth-order valence-corrected chi connectivity index (χ4v) is 4.37. The third kappa shape index (κ3) is 6.49. The summed E-state index contributed by atoms with van der Waals surface area (Å²) in [6.07, 6.45) is -0.132. The van der Waals surface area contributed by atoms with Crippen molar-refractivity contribution < 1.29 is 29.3 Å². The monoisotopic (exact) mass is 472 g/mol. The third-order valence-electron chi connectivity index (χ3n) is 5.49. The predicted octanol–water partition coefficient (Wildman–Crippen LogP) is 2.60. The van der Waals surface area contributed by atoms with Crippen LogP contribution in [0.3, 0.4) is 0 Å². The molecule has 0 bridgehead atoms. The Labute approximate surface area is 196 Å². The lowest BCUT2D eigenvalue weighted by Crippen LogP contribution is -2.49. The number of nitrogens with one attached hydrogen (secondary N) is 2. The van der Waals surface area contributed by atoms with Gasteiger partial charge in [0, 0.05) is 12.5 Å². The Morgan fingerprint density at radius 2 is 1.67 bits per heavy atom. The summed E-state index contributed by atoms with van der Waals surface area (Å²) in [5.41, 5.74) is 4.43. The minimum absolute atomic E-state index is 0.0900. The van der Waals surface area contributed by atoms with Crippen LogP contribution in [0.15, 0.2) is 48.5 Å². The van der Waals surface area contributed by atoms with Crippen molar-refractivity contribution >= 4 is 29.7 Å². The van der Waals surface area contributed by atoms with E-state index in [2.05, 4.69) is 22.8 Å². The molecule has 0 saturated heterocycles. The Bertz CT molecular complexity index is 953. The van der Waals surface area contributed by atoms with E-state index in [-0.39, 0.29) is 19.1 Å². The van der Waals surface area contributed by atoms with Crippen LogP contribution >= 0.6 is 11.8 Å². The van der Waals surface area contributed by atoms with Crippen molar-refractivity contribution in [1.82, 2.24) is 10.6 Å². The minimum atomic E-state index is -1.21. The highest BCUT2D eigenvalue weighted by molar-refractivity contribution is 7.98. The Morgan fingerprint density at radius 1 is 1.06 bits per heavy atom. The molecule has 2 atom stereocenters. The Morgan fingerprint density at radius 3 is 2.24 bits per heavy atom. The highest BCUT2D eigenvalue weighted by Crippen LogP contribution is 2.44. The Balaban J connectivity index is 1.59. The number of carbonyl (C=O) groups excluding carboxylic acids is 2. The van der Waals surface area contributed by atoms with Crippen molar-refractivity contribution in [2.45, 2.75) is 30.9 Å². The van der Waals surface area contributed by atoms with E-state index in [1.165, 1.54) is 11.8 Å². The van der Waals surface area contributed by atoms with Gasteiger partial charge >= 0.3 is 12.1 Å². The largest absolute Gasteiger partial charge is 0.481 e. The molecule has 0 radical (unpaired) electrons. The van der Waals surface area contributed by atoms with Crippen molar-refractivity contribution in [3.8, 4) is 11.1 Å². The van der Waals surface area contributed by atoms with E-state index in [9.17, 15) is 19.5 Å². The zero-order chi connectivity index (χ0) is 23.8. The lowest BCUT2D eigenvalue weighted by Gasteiger charge is -2.20. The molecule has 4 N–H and O–H groups in total. The van der Waals surface area contributed by atoms with Gasteiger partial charge in [-0.15, -0.1) is 0 Å². The molecule has 9 heteroatoms. The molecule has 0 aromatic heterocycles. The molecule has 2 aromatic carbocycles. The van der Waals surface area contributed by atoms with E-state index in [1.807, 2.05) is 42.7 Å². The molecule has 0 heterocycles. The predicted molar refractivity (Wildman–Crippen MR) is 126 cm³/mol. The molecule has 1 aliphatic carbocycles. The summed E-state index contributed by atoms with van der Waals surface area (Å²) < 4.78 is 5.51. The normalized spacial score (nSPS) is 14.0. The number of aliphatic hydroxyl groups excluding tert-OH is 1. The molecular weight excluding hydrogens is 444 g/mol. The smallest absolute Gasteiger partial charge is 0.407 e. The number of alkyl carbamates (subject to hydrolysis) is 1. The van der Waals surface area contributed by atoms with Gasteiger partial charge in [-0.05, 0) is 40.7 Å². The maximum absolute atomic E-state index is 12.5. The third-order valence-corrected chi connectivity index (χ3v) is 6.13. The first kappa shape index (κ1) is 24.6. The van der Waals surface area contributed by atoms with Gasteiger partial charge in [-0.1, -0.05) is 48.5 Å². The molecule has 176 valence electrons. The van der Waals surface area contributed by atoms with E-state index in [0.717, 1.165) is 22.3 Å². The molecule has 2 aromatic rings. The highest BCUT2D eigenvalue weighted by atomic mass is 32.2. The highest BCUT2D eigenvalue weighted by Gasteiger charge is 2.29. The van der Waals surface area contributed by atoms with Crippen molar-refractivity contribution in [3.63, 3.8) is 0 Å². The van der Waals surface area contributed by atoms with Crippen LogP contribution in [-0.4, -0.2) is 65.5 Å². The SMILES string of the molecule is CSCCC(NC(=O)OCC1c2ccccc2-c2ccccc21)C(=O)NCC(O)CC(=O)O. The van der Waals surface area contributed by atoms with Crippen LogP contribution in [0.5, 0.6) is 0 Å². The number of aliphatic carboxylic acids is 1. The molecule has 0 aliphatic heterocycles. The van der Waals surface area contributed by atoms with Gasteiger partial charge in [0.15, 0.2) is 0 Å². The average molecular weight is 473 g/mol. The Kier molecular flexibility index (Phi) is 8.73. The summed E-state index contributed by atoms with van der Waals surface area (Å²) in [6.45, 7) is -0.0820. The first-order valence-electron chi connectivity index (χ1n) is 10.7. The van der Waals surface area contributed by atoms with Crippen LogP contribution in [0, 0.1) is 0 Å². The first-order chi connectivity index (χ1) is 15.9. The fourth-order valence-electron chi connectivity index (χ4n) is 3.90. The summed E-state index contributed by atoms with van der Waals surface area (Å²) >= 11 is 1.53. The molecule has 2 unspecified atom stereocenters. The van der Waals surface area contributed by atoms with E-state index in [4.69, 9.17) is 9.84 Å². The first-order valence-corrected chi connectivity index (χ1v) is 12.1. The number of benzene rings is 2. The number of carboxylic acid groups (broad SMARTS) is 1. The van der Waals surface area contributed by atoms with Gasteiger partial charge in [-0.2, -0.15) is 11.8 Å². The number of carbonyl (C=O) groups is 3. The summed E-state index contributed by atoms with van der Waals surface area (Å²) in [7, 11) is 0. The molecule has 0 spiro atoms. The molecule has 3 rings (SSSR count). The van der Waals surface area contributed by atoms with Gasteiger partial charge in [0.1, 0.15) is 12.6 Å². The second kappa shape index (κ2) is 11.7. The van der Waals surface area contributed by atoms with Crippen LogP contribution in [0.4, 0.5) is 4.79 Å². The summed E-state index contributed by atoms with van der Waals surface area (Å²) in [4.78, 5) is 35.7. The van der Waals surface area contributed by atoms with E-state index in [0.29, 0.717) is 12.2 Å². The fraction of sp³-hybridized carbons (Fsp3) is 0.375. The van der Waals surface area contributed by atoms with Crippen LogP contribution in [0.2, 0.25) is 0 Å². The number of aliphatic hydroxyl groups is 1. The lowest BCUT2D eigenvalue weighted by molar-refractivity contribution is -0.139. The average Bonchev–Trinajstić information content (AvgIpc) is 3.12. The minimum Gasteiger partial charge on any atom is -0.481 e. The molecule has 1 aliphatic rings. The van der Waals surface area contributed by atoms with Gasteiger partial charge < -0.3 is 25.6 Å². The topological polar surface area (TPSA) is 125 Å². The number of rotatable bonds is 11. The van der Waals surface area contributed by atoms with Crippen LogP contribution in [0.25, 0.3) is 11.1 Å². The van der Waals surface area contributed by atoms with Gasteiger partial charge in [0.25, 0.3) is 0 Å². The van der Waals surface area contributed by atoms with Gasteiger partial charge in [0.05, 0.1) is 12.5 Å². The summed E-state index contributed by atoms with van der Waals surface area (Å²) in [5, 5.41) is 23.5. The van der Waals surface area contributed by atoms with Crippen molar-refractivity contribution in [1.29, 1.82) is 0 Å². The summed E-state index contributed by atoms with van der Waals surface area (Å²) in [6, 6.07) is 15.2. The summed E-state index contributed by atoms with van der Waals surface area (Å²) in [5.74, 6) is -1.12. The number of thioether (sulfide) groups is 1. The number of hydrogen-bond acceptors (Lipinski definition) is 6. The van der Waals surface area contributed by atoms with Crippen LogP contribution in [-0.2, 0) is 14.3 Å². The maximum atomic E-state index is 12.5. The maximum Gasteiger partial charge on any atom is 0.407 e. The van der Waals surface area contributed by atoms with Crippen molar-refractivity contribution in [2.24, 2.45) is 0 Å². The van der Waals surface area contributed by atoms with Gasteiger partial charge in [-0.3, -0.25) is 9.59 Å². The van der Waals surface area contributed by atoms with Gasteiger partial charge in [0.2, 0.25) is 5.91 Å². The molecule has 2 amide bonds. The number of fused-ring (bicyclic) bond motifs is 3. The molecule has 0 saturated carbocycles.